The van der Waals surface area contributed by atoms with E-state index in [2.05, 4.69) is 33.1 Å². The van der Waals surface area contributed by atoms with E-state index < -0.39 is 0 Å². The lowest BCUT2D eigenvalue weighted by Gasteiger charge is -2.35. The number of nitrogens with zero attached hydrogens (tertiary/aromatic N) is 5. The highest BCUT2D eigenvalue weighted by molar-refractivity contribution is 8.00. The van der Waals surface area contributed by atoms with Crippen LogP contribution in [0.1, 0.15) is 19.6 Å². The van der Waals surface area contributed by atoms with Crippen molar-refractivity contribution < 1.29 is 9.21 Å². The number of nitrogens with one attached hydrogen (secondary N) is 1. The first-order chi connectivity index (χ1) is 16.1. The Balaban J connectivity index is 1.42. The Hall–Kier alpha value is -3.04. The highest BCUT2D eigenvalue weighted by atomic mass is 32.2. The molecule has 9 heteroatoms. The molecule has 33 heavy (non-hydrogen) atoms. The van der Waals surface area contributed by atoms with Crippen molar-refractivity contribution in [2.75, 3.05) is 32.7 Å². The first-order valence-electron chi connectivity index (χ1n) is 11.3. The Kier molecular flexibility index (Phi) is 6.24. The van der Waals surface area contributed by atoms with Gasteiger partial charge in [-0.25, -0.2) is 0 Å². The maximum absolute atomic E-state index is 13.1. The topological polar surface area (TPSA) is 83.2 Å². The lowest BCUT2D eigenvalue weighted by molar-refractivity contribution is -0.132. The maximum Gasteiger partial charge on any atom is 0.235 e. The summed E-state index contributed by atoms with van der Waals surface area (Å²) in [6.45, 7) is 9.04. The van der Waals surface area contributed by atoms with E-state index in [0.717, 1.165) is 60.8 Å². The van der Waals surface area contributed by atoms with Crippen LogP contribution in [0.25, 0.3) is 22.3 Å². The van der Waals surface area contributed by atoms with Crippen molar-refractivity contribution in [1.29, 1.82) is 0 Å². The normalized spacial score (nSPS) is 15.9. The van der Waals surface area contributed by atoms with Gasteiger partial charge in [-0.1, -0.05) is 36.9 Å². The molecule has 1 unspecified atom stereocenters. The van der Waals surface area contributed by atoms with Gasteiger partial charge in [0, 0.05) is 48.8 Å². The van der Waals surface area contributed by atoms with Gasteiger partial charge in [0.15, 0.2) is 11.0 Å². The number of para-hydroxylation sites is 1. The summed E-state index contributed by atoms with van der Waals surface area (Å²) in [7, 11) is 0. The summed E-state index contributed by atoms with van der Waals surface area (Å²) in [4.78, 5) is 20.8. The molecule has 8 nitrogen and oxygen atoms in total. The van der Waals surface area contributed by atoms with Gasteiger partial charge < -0.3 is 19.2 Å². The first kappa shape index (κ1) is 21.8. The summed E-state index contributed by atoms with van der Waals surface area (Å²) < 4.78 is 7.66. The number of amides is 1. The SMILES string of the molecule is CCN1CCN(C(=O)C(C)Sc2nnc(-c3c[nH]c4ccccc34)n2Cc2ccco2)CC1. The van der Waals surface area contributed by atoms with E-state index in [1.54, 1.807) is 6.26 Å². The van der Waals surface area contributed by atoms with Gasteiger partial charge in [-0.2, -0.15) is 0 Å². The molecule has 0 aliphatic carbocycles. The van der Waals surface area contributed by atoms with E-state index in [-0.39, 0.29) is 11.2 Å². The number of hydrogen-bond acceptors (Lipinski definition) is 6. The molecule has 1 aromatic carbocycles. The second-order valence-electron chi connectivity index (χ2n) is 8.24. The molecular weight excluding hydrogens is 436 g/mol. The number of rotatable bonds is 7. The highest BCUT2D eigenvalue weighted by Crippen LogP contribution is 2.32. The van der Waals surface area contributed by atoms with Gasteiger partial charge in [-0.3, -0.25) is 9.36 Å². The van der Waals surface area contributed by atoms with Gasteiger partial charge in [-0.15, -0.1) is 10.2 Å². The van der Waals surface area contributed by atoms with Crippen molar-refractivity contribution in [3.63, 3.8) is 0 Å². The lowest BCUT2D eigenvalue weighted by Crippen LogP contribution is -2.50. The van der Waals surface area contributed by atoms with E-state index in [9.17, 15) is 4.79 Å². The summed E-state index contributed by atoms with van der Waals surface area (Å²) >= 11 is 1.46. The van der Waals surface area contributed by atoms with Crippen LogP contribution in [0.2, 0.25) is 0 Å². The Morgan fingerprint density at radius 1 is 1.15 bits per heavy atom. The van der Waals surface area contributed by atoms with Crippen LogP contribution in [-0.2, 0) is 11.3 Å². The largest absolute Gasteiger partial charge is 0.467 e. The van der Waals surface area contributed by atoms with E-state index in [1.165, 1.54) is 11.8 Å². The monoisotopic (exact) mass is 464 g/mol. The average Bonchev–Trinajstić information content (AvgIpc) is 3.60. The van der Waals surface area contributed by atoms with Gasteiger partial charge in [0.05, 0.1) is 18.1 Å². The number of piperazine rings is 1. The minimum atomic E-state index is -0.256. The zero-order chi connectivity index (χ0) is 22.8. The molecule has 1 aliphatic heterocycles. The van der Waals surface area contributed by atoms with Gasteiger partial charge in [0.1, 0.15) is 5.76 Å². The zero-order valence-electron chi connectivity index (χ0n) is 18.9. The Labute approximate surface area is 197 Å². The van der Waals surface area contributed by atoms with Gasteiger partial charge in [-0.05, 0) is 31.7 Å². The van der Waals surface area contributed by atoms with Crippen molar-refractivity contribution in [1.82, 2.24) is 29.5 Å². The Bertz CT molecular complexity index is 1220. The molecule has 172 valence electrons. The Morgan fingerprint density at radius 2 is 1.97 bits per heavy atom. The van der Waals surface area contributed by atoms with E-state index in [4.69, 9.17) is 4.42 Å². The summed E-state index contributed by atoms with van der Waals surface area (Å²) in [5.41, 5.74) is 2.02. The molecular formula is C24H28N6O2S. The van der Waals surface area contributed by atoms with Crippen LogP contribution in [0.4, 0.5) is 0 Å². The highest BCUT2D eigenvalue weighted by Gasteiger charge is 2.27. The molecule has 4 aromatic rings. The van der Waals surface area contributed by atoms with Crippen LogP contribution in [0.3, 0.4) is 0 Å². The minimum Gasteiger partial charge on any atom is -0.467 e. The number of H-pyrrole nitrogens is 1. The molecule has 1 N–H and O–H groups in total. The third-order valence-electron chi connectivity index (χ3n) is 6.20. The van der Waals surface area contributed by atoms with Gasteiger partial charge >= 0.3 is 0 Å². The number of thioether (sulfide) groups is 1. The number of fused-ring (bicyclic) bond motifs is 1. The second kappa shape index (κ2) is 9.44. The van der Waals surface area contributed by atoms with E-state index >= 15 is 0 Å². The van der Waals surface area contributed by atoms with Crippen molar-refractivity contribution >= 4 is 28.6 Å². The van der Waals surface area contributed by atoms with E-state index in [1.807, 2.05) is 52.9 Å². The molecule has 1 aliphatic rings. The standard InChI is InChI=1S/C24H28N6O2S/c1-3-28-10-12-29(13-11-28)23(31)17(2)33-24-27-26-22(30(24)16-18-7-6-14-32-18)20-15-25-21-9-5-4-8-19(20)21/h4-9,14-15,17,25H,3,10-13,16H2,1-2H3. The molecule has 1 saturated heterocycles. The van der Waals surface area contributed by atoms with Crippen LogP contribution in [0, 0.1) is 0 Å². The van der Waals surface area contributed by atoms with Crippen LogP contribution in [0.5, 0.6) is 0 Å². The maximum atomic E-state index is 13.1. The number of likely N-dealkylation sites (N-methyl/N-ethyl adjacent to an activating group) is 1. The smallest absolute Gasteiger partial charge is 0.235 e. The fraction of sp³-hybridized carbons (Fsp3) is 0.375. The van der Waals surface area contributed by atoms with Crippen molar-refractivity contribution in [3.8, 4) is 11.4 Å². The lowest BCUT2D eigenvalue weighted by atomic mass is 10.1. The van der Waals surface area contributed by atoms with Gasteiger partial charge in [0.25, 0.3) is 0 Å². The number of benzene rings is 1. The quantitative estimate of drug-likeness (QED) is 0.420. The number of furan rings is 1. The summed E-state index contributed by atoms with van der Waals surface area (Å²) in [5, 5.41) is 10.6. The van der Waals surface area contributed by atoms with Crippen molar-refractivity contribution in [3.05, 3.63) is 54.6 Å². The zero-order valence-corrected chi connectivity index (χ0v) is 19.7. The molecule has 5 rings (SSSR count). The fourth-order valence-corrected chi connectivity index (χ4v) is 5.22. The third kappa shape index (κ3) is 4.43. The molecule has 4 heterocycles. The number of aromatic nitrogens is 4. The molecule has 3 aromatic heterocycles. The molecule has 1 amide bonds. The fourth-order valence-electron chi connectivity index (χ4n) is 4.28. The van der Waals surface area contributed by atoms with Crippen molar-refractivity contribution in [2.24, 2.45) is 0 Å². The first-order valence-corrected chi connectivity index (χ1v) is 12.2. The second-order valence-corrected chi connectivity index (χ2v) is 9.55. The van der Waals surface area contributed by atoms with E-state index in [0.29, 0.717) is 11.7 Å². The van der Waals surface area contributed by atoms with Crippen LogP contribution in [-0.4, -0.2) is 73.4 Å². The van der Waals surface area contributed by atoms with Crippen molar-refractivity contribution in [2.45, 2.75) is 30.8 Å². The minimum absolute atomic E-state index is 0.150. The Morgan fingerprint density at radius 3 is 2.73 bits per heavy atom. The predicted molar refractivity (Wildman–Crippen MR) is 129 cm³/mol. The molecule has 0 bridgehead atoms. The molecule has 0 radical (unpaired) electrons. The molecule has 0 spiro atoms. The number of hydrogen-bond donors (Lipinski definition) is 1. The summed E-state index contributed by atoms with van der Waals surface area (Å²) in [6, 6.07) is 11.9. The third-order valence-corrected chi connectivity index (χ3v) is 7.27. The number of aromatic amines is 1. The van der Waals surface area contributed by atoms with Gasteiger partial charge in [0.2, 0.25) is 5.91 Å². The molecule has 1 fully saturated rings. The number of carbonyl (C=O) groups excluding carboxylic acids is 1. The summed E-state index contributed by atoms with van der Waals surface area (Å²) in [5.74, 6) is 1.71. The summed E-state index contributed by atoms with van der Waals surface area (Å²) in [6.07, 6.45) is 3.63. The van der Waals surface area contributed by atoms with Crippen LogP contribution < -0.4 is 0 Å². The van der Waals surface area contributed by atoms with Crippen LogP contribution >= 0.6 is 11.8 Å². The van der Waals surface area contributed by atoms with Crippen LogP contribution in [0.15, 0.2) is 58.4 Å². The number of carbonyl (C=O) groups is 1. The predicted octanol–water partition coefficient (Wildman–Crippen LogP) is 3.71. The average molecular weight is 465 g/mol. The molecule has 1 atom stereocenters. The molecule has 0 saturated carbocycles.